The van der Waals surface area contributed by atoms with E-state index in [0.717, 1.165) is 40.4 Å². The van der Waals surface area contributed by atoms with Crippen LogP contribution in [0, 0.1) is 27.7 Å². The molecule has 6 aromatic heterocycles. The molecular weight excluding hydrogens is 745 g/mol. The van der Waals surface area contributed by atoms with Crippen LogP contribution in [0.4, 0.5) is 0 Å². The lowest BCUT2D eigenvalue weighted by Crippen LogP contribution is -2.25. The van der Waals surface area contributed by atoms with E-state index < -0.39 is 0 Å². The Morgan fingerprint density at radius 2 is 1.12 bits per heavy atom. The van der Waals surface area contributed by atoms with Gasteiger partial charge in [-0.3, -0.25) is 28.2 Å². The predicted molar refractivity (Wildman–Crippen MR) is 226 cm³/mol. The molecule has 0 saturated heterocycles. The second-order valence-electron chi connectivity index (χ2n) is 15.0. The fourth-order valence-corrected chi connectivity index (χ4v) is 7.17. The fraction of sp³-hybridized carbons (Fsp3) is 0.234. The number of fused-ring (bicyclic) bond motifs is 2. The lowest BCUT2D eigenvalue weighted by atomic mass is 10.1. The van der Waals surface area contributed by atoms with E-state index in [1.54, 1.807) is 54.6 Å². The number of aromatic hydroxyl groups is 1. The minimum absolute atomic E-state index is 0.0608. The minimum Gasteiger partial charge on any atom is -0.507 e. The highest BCUT2D eigenvalue weighted by Gasteiger charge is 2.16. The van der Waals surface area contributed by atoms with Crippen LogP contribution in [0.5, 0.6) is 11.5 Å². The summed E-state index contributed by atoms with van der Waals surface area (Å²) in [5.74, 6) is 2.42. The van der Waals surface area contributed by atoms with Gasteiger partial charge in [0.25, 0.3) is 11.1 Å². The second kappa shape index (κ2) is 18.2. The number of phenols is 1. The molecule has 2 aromatic carbocycles. The van der Waals surface area contributed by atoms with E-state index in [1.807, 2.05) is 74.5 Å². The average molecular weight is 793 g/mol. The van der Waals surface area contributed by atoms with Gasteiger partial charge in [-0.2, -0.15) is 0 Å². The van der Waals surface area contributed by atoms with Gasteiger partial charge in [-0.05, 0) is 99.0 Å². The first kappa shape index (κ1) is 40.4. The van der Waals surface area contributed by atoms with Crippen molar-refractivity contribution in [3.05, 3.63) is 199 Å². The summed E-state index contributed by atoms with van der Waals surface area (Å²) in [6.07, 6.45) is 6.83. The van der Waals surface area contributed by atoms with Crippen LogP contribution in [-0.4, -0.2) is 40.8 Å². The van der Waals surface area contributed by atoms with E-state index in [0.29, 0.717) is 55.5 Å². The second-order valence-corrected chi connectivity index (χ2v) is 15.0. The number of methoxy groups -OCH3 is 1. The van der Waals surface area contributed by atoms with Crippen molar-refractivity contribution >= 4 is 11.3 Å². The summed E-state index contributed by atoms with van der Waals surface area (Å²) in [6, 6.07) is 30.2. The molecule has 0 aliphatic rings. The molecule has 0 aliphatic heterocycles. The Morgan fingerprint density at radius 3 is 1.59 bits per heavy atom. The van der Waals surface area contributed by atoms with Crippen LogP contribution >= 0.6 is 0 Å². The van der Waals surface area contributed by atoms with Gasteiger partial charge >= 0.3 is 0 Å². The number of hydrogen-bond acceptors (Lipinski definition) is 10. The van der Waals surface area contributed by atoms with Gasteiger partial charge in [0.1, 0.15) is 34.3 Å². The van der Waals surface area contributed by atoms with Crippen molar-refractivity contribution in [3.63, 3.8) is 0 Å². The molecule has 0 aliphatic carbocycles. The Labute approximate surface area is 342 Å². The number of ether oxygens (including phenoxy) is 1. The van der Waals surface area contributed by atoms with Gasteiger partial charge in [0.2, 0.25) is 0 Å². The molecule has 0 amide bonds. The Morgan fingerprint density at radius 1 is 0.593 bits per heavy atom. The van der Waals surface area contributed by atoms with Crippen molar-refractivity contribution < 1.29 is 18.7 Å². The van der Waals surface area contributed by atoms with Crippen molar-refractivity contribution in [2.75, 3.05) is 7.11 Å². The van der Waals surface area contributed by atoms with Crippen molar-refractivity contribution in [1.29, 1.82) is 0 Å². The molecule has 0 fully saturated rings. The third-order valence-corrected chi connectivity index (χ3v) is 9.82. The number of aromatic nitrogens is 4. The van der Waals surface area contributed by atoms with Crippen molar-refractivity contribution in [1.82, 2.24) is 28.6 Å². The first-order valence-electron chi connectivity index (χ1n) is 19.4. The number of phenolic OH excluding ortho intramolecular Hbond substituents is 1. The van der Waals surface area contributed by atoms with Crippen LogP contribution < -0.4 is 15.9 Å². The van der Waals surface area contributed by atoms with Gasteiger partial charge in [-0.1, -0.05) is 35.4 Å². The minimum atomic E-state index is -0.125. The number of pyridine rings is 2. The average Bonchev–Trinajstić information content (AvgIpc) is 3.90. The first-order valence-corrected chi connectivity index (χ1v) is 19.4. The fourth-order valence-electron chi connectivity index (χ4n) is 7.17. The van der Waals surface area contributed by atoms with Gasteiger partial charge in [0, 0.05) is 62.3 Å². The van der Waals surface area contributed by atoms with E-state index >= 15 is 0 Å². The molecule has 0 unspecified atom stereocenters. The maximum Gasteiger partial charge on any atom is 0.258 e. The first-order chi connectivity index (χ1) is 28.5. The molecule has 0 bridgehead atoms. The number of hydrogen-bond donors (Lipinski definition) is 1. The van der Waals surface area contributed by atoms with Crippen LogP contribution in [0.2, 0.25) is 0 Å². The number of furan rings is 2. The number of aryl methyl sites for hydroxylation is 4. The summed E-state index contributed by atoms with van der Waals surface area (Å²) in [6.45, 7) is 11.5. The topological polar surface area (TPSA) is 131 Å². The third-order valence-electron chi connectivity index (χ3n) is 9.82. The largest absolute Gasteiger partial charge is 0.507 e. The zero-order chi connectivity index (χ0) is 41.5. The Hall–Kier alpha value is -6.76. The molecule has 12 heteroatoms. The quantitative estimate of drug-likeness (QED) is 0.123. The molecule has 8 rings (SSSR count). The molecule has 0 radical (unpaired) electrons. The van der Waals surface area contributed by atoms with Crippen LogP contribution in [0.1, 0.15) is 56.3 Å². The summed E-state index contributed by atoms with van der Waals surface area (Å²) in [4.78, 5) is 38.8. The highest BCUT2D eigenvalue weighted by Crippen LogP contribution is 2.26. The third kappa shape index (κ3) is 10.6. The normalized spacial score (nSPS) is 11.4. The molecule has 302 valence electrons. The standard InChI is InChI=1S/C24H25N3O2.C23H23N3O4/c1-17-6-7-27-23(12-17)25-21(13-24(27)28)15-26(16-22-5-4-8-29-22)14-20-10-18(2)9-19(3)11-20;1-16-7-8-26-22(10-16)24-18(11-23(26)28)14-25(15-20-4-3-9-30-20)13-17-5-6-19(29-2)12-21(17)27/h4-13H,14-16H2,1-3H3;3-12,27H,13-15H2,1-2H3. The zero-order valence-corrected chi connectivity index (χ0v) is 34.0. The van der Waals surface area contributed by atoms with Gasteiger partial charge in [0.15, 0.2) is 0 Å². The Kier molecular flexibility index (Phi) is 12.5. The maximum atomic E-state index is 12.5. The Bertz CT molecular complexity index is 2770. The number of benzene rings is 2. The van der Waals surface area contributed by atoms with E-state index in [4.69, 9.17) is 18.6 Å². The van der Waals surface area contributed by atoms with E-state index in [9.17, 15) is 14.7 Å². The van der Waals surface area contributed by atoms with Crippen molar-refractivity contribution in [3.8, 4) is 11.5 Å². The number of nitrogens with zero attached hydrogens (tertiary/aromatic N) is 6. The summed E-state index contributed by atoms with van der Waals surface area (Å²) >= 11 is 0. The highest BCUT2D eigenvalue weighted by molar-refractivity contribution is 5.43. The molecule has 8 aromatic rings. The summed E-state index contributed by atoms with van der Waals surface area (Å²) in [7, 11) is 1.56. The van der Waals surface area contributed by atoms with Crippen molar-refractivity contribution in [2.24, 2.45) is 0 Å². The van der Waals surface area contributed by atoms with Gasteiger partial charge < -0.3 is 18.7 Å². The van der Waals surface area contributed by atoms with Crippen molar-refractivity contribution in [2.45, 2.75) is 67.0 Å². The summed E-state index contributed by atoms with van der Waals surface area (Å²) in [5.41, 5.74) is 9.12. The summed E-state index contributed by atoms with van der Waals surface area (Å²) < 4.78 is 19.3. The molecule has 0 atom stereocenters. The Balaban J connectivity index is 0.000000179. The van der Waals surface area contributed by atoms with Gasteiger partial charge in [-0.15, -0.1) is 0 Å². The monoisotopic (exact) mass is 792 g/mol. The molecular formula is C47H48N6O6. The van der Waals surface area contributed by atoms with Crippen LogP contribution in [0.25, 0.3) is 11.3 Å². The van der Waals surface area contributed by atoms with Crippen LogP contribution in [-0.2, 0) is 39.3 Å². The van der Waals surface area contributed by atoms with E-state index in [1.165, 1.54) is 21.1 Å². The highest BCUT2D eigenvalue weighted by atomic mass is 16.5. The lowest BCUT2D eigenvalue weighted by molar-refractivity contribution is 0.221. The van der Waals surface area contributed by atoms with Gasteiger partial charge in [0.05, 0.1) is 44.1 Å². The van der Waals surface area contributed by atoms with Gasteiger partial charge in [-0.25, -0.2) is 9.97 Å². The van der Waals surface area contributed by atoms with E-state index in [-0.39, 0.29) is 16.9 Å². The SMILES string of the molecule is COc1ccc(CN(Cc2cc(=O)n3ccc(C)cc3n2)Cc2ccco2)c(O)c1.Cc1cc(C)cc(CN(Cc2cc(=O)n3ccc(C)cc3n2)Cc2ccco2)c1. The van der Waals surface area contributed by atoms with Crippen LogP contribution in [0.15, 0.2) is 140 Å². The molecule has 0 spiro atoms. The number of rotatable bonds is 13. The maximum absolute atomic E-state index is 12.5. The smallest absolute Gasteiger partial charge is 0.258 e. The zero-order valence-electron chi connectivity index (χ0n) is 34.0. The molecule has 12 nitrogen and oxygen atoms in total. The molecule has 0 saturated carbocycles. The summed E-state index contributed by atoms with van der Waals surface area (Å²) in [5, 5.41) is 10.4. The molecule has 1 N–H and O–H groups in total. The lowest BCUT2D eigenvalue weighted by Gasteiger charge is -2.22. The van der Waals surface area contributed by atoms with E-state index in [2.05, 4.69) is 46.8 Å². The molecule has 6 heterocycles. The van der Waals surface area contributed by atoms with Crippen LogP contribution in [0.3, 0.4) is 0 Å². The molecule has 59 heavy (non-hydrogen) atoms. The predicted octanol–water partition coefficient (Wildman–Crippen LogP) is 7.93.